The first kappa shape index (κ1) is 9.66. The Balaban J connectivity index is 0. The summed E-state index contributed by atoms with van der Waals surface area (Å²) in [6.07, 6.45) is 0. The van der Waals surface area contributed by atoms with Gasteiger partial charge in [-0.15, -0.1) is 0 Å². The predicted molar refractivity (Wildman–Crippen MR) is 23.3 cm³/mol. The van der Waals surface area contributed by atoms with Gasteiger partial charge in [0.15, 0.2) is 0 Å². The van der Waals surface area contributed by atoms with E-state index >= 15 is 0 Å². The fourth-order valence-electron chi connectivity index (χ4n) is 0. The molecule has 0 saturated carbocycles. The van der Waals surface area contributed by atoms with E-state index in [0.717, 1.165) is 0 Å². The molecule has 0 aromatic rings. The van der Waals surface area contributed by atoms with E-state index in [0.29, 0.717) is 0 Å². The number of hydrogen-bond donors (Lipinski definition) is 0. The Bertz CT molecular complexity index is 11.6. The second kappa shape index (κ2) is 5.42. The normalized spacial score (nSPS) is 7.20. The summed E-state index contributed by atoms with van der Waals surface area (Å²) >= 11 is -0.543. The van der Waals surface area contributed by atoms with Crippen molar-refractivity contribution in [2.45, 2.75) is 14.8 Å². The van der Waals surface area contributed by atoms with Crippen LogP contribution in [0.5, 0.6) is 0 Å². The largest absolute Gasteiger partial charge is 0 e. The van der Waals surface area contributed by atoms with Gasteiger partial charge >= 0.3 is 34.6 Å². The van der Waals surface area contributed by atoms with Gasteiger partial charge in [-0.25, -0.2) is 0 Å². The maximum Gasteiger partial charge on any atom is 0 e. The molecule has 2 radical (unpaired) electrons. The molecule has 0 unspecified atom stereocenters. The molecule has 0 aromatic heterocycles. The van der Waals surface area contributed by atoms with Crippen molar-refractivity contribution in [1.82, 2.24) is 0 Å². The summed E-state index contributed by atoms with van der Waals surface area (Å²) in [5.41, 5.74) is 0. The smallest absolute Gasteiger partial charge is 0 e. The molecule has 5 heavy (non-hydrogen) atoms. The van der Waals surface area contributed by atoms with E-state index in [1.54, 1.807) is 0 Å². The summed E-state index contributed by atoms with van der Waals surface area (Å²) in [5, 5.41) is 0. The minimum atomic E-state index is -0.543. The molecule has 0 nitrogen and oxygen atoms in total. The van der Waals surface area contributed by atoms with Crippen LogP contribution in [-0.2, 0) is 19.5 Å². The SMILES string of the molecule is [CH3][Sn]([CH3])[CH3].[Rh]. The fourth-order valence-corrected chi connectivity index (χ4v) is 0. The van der Waals surface area contributed by atoms with Crippen LogP contribution in [-0.4, -0.2) is 19.8 Å². The molecule has 34 valence electrons. The van der Waals surface area contributed by atoms with E-state index in [-0.39, 0.29) is 19.5 Å². The molecule has 0 aliphatic rings. The summed E-state index contributed by atoms with van der Waals surface area (Å²) in [6.45, 7) is 0. The van der Waals surface area contributed by atoms with Crippen LogP contribution in [0.4, 0.5) is 0 Å². The fraction of sp³-hybridized carbons (Fsp3) is 1.00. The topological polar surface area (TPSA) is 0 Å². The van der Waals surface area contributed by atoms with Crippen LogP contribution >= 0.6 is 0 Å². The summed E-state index contributed by atoms with van der Waals surface area (Å²) in [7, 11) is 0. The summed E-state index contributed by atoms with van der Waals surface area (Å²) in [4.78, 5) is 7.09. The standard InChI is InChI=1S/3CH3.Rh.Sn/h3*1H3;;. The van der Waals surface area contributed by atoms with Crippen molar-refractivity contribution in [3.8, 4) is 0 Å². The number of hydrogen-bond acceptors (Lipinski definition) is 0. The molecule has 0 bridgehead atoms. The predicted octanol–water partition coefficient (Wildman–Crippen LogP) is 1.37. The Labute approximate surface area is 53.8 Å². The first-order valence-corrected chi connectivity index (χ1v) is 10.1. The Morgan fingerprint density at radius 1 is 1.00 bits per heavy atom. The van der Waals surface area contributed by atoms with E-state index < -0.39 is 19.8 Å². The van der Waals surface area contributed by atoms with Crippen molar-refractivity contribution in [2.75, 3.05) is 0 Å². The van der Waals surface area contributed by atoms with Crippen LogP contribution in [0.15, 0.2) is 0 Å². The first-order valence-electron chi connectivity index (χ1n) is 1.50. The van der Waals surface area contributed by atoms with E-state index in [4.69, 9.17) is 0 Å². The monoisotopic (exact) mass is 268 g/mol. The third-order valence-electron chi connectivity index (χ3n) is 0. The summed E-state index contributed by atoms with van der Waals surface area (Å²) in [6, 6.07) is 0. The van der Waals surface area contributed by atoms with Crippen LogP contribution in [0.1, 0.15) is 0 Å². The Morgan fingerprint density at radius 3 is 1.00 bits per heavy atom. The maximum absolute atomic E-state index is 2.36. The van der Waals surface area contributed by atoms with Crippen molar-refractivity contribution in [3.63, 3.8) is 0 Å². The molecule has 0 N–H and O–H groups in total. The van der Waals surface area contributed by atoms with Crippen molar-refractivity contribution in [1.29, 1.82) is 0 Å². The third-order valence-corrected chi connectivity index (χ3v) is 0. The first-order chi connectivity index (χ1) is 1.73. The van der Waals surface area contributed by atoms with E-state index in [2.05, 4.69) is 14.8 Å². The Kier molecular flexibility index (Phi) is 10.5. The van der Waals surface area contributed by atoms with Crippen LogP contribution in [0.2, 0.25) is 14.8 Å². The van der Waals surface area contributed by atoms with Gasteiger partial charge in [-0.1, -0.05) is 0 Å². The van der Waals surface area contributed by atoms with Gasteiger partial charge in [-0.3, -0.25) is 0 Å². The van der Waals surface area contributed by atoms with Crippen molar-refractivity contribution >= 4 is 19.8 Å². The Hall–Kier alpha value is 1.42. The van der Waals surface area contributed by atoms with E-state index in [1.165, 1.54) is 0 Å². The molecular formula is C3H9RhSn. The van der Waals surface area contributed by atoms with E-state index in [9.17, 15) is 0 Å². The van der Waals surface area contributed by atoms with Gasteiger partial charge in [0, 0.05) is 19.5 Å². The maximum atomic E-state index is 2.36. The van der Waals surface area contributed by atoms with Gasteiger partial charge in [0.1, 0.15) is 0 Å². The van der Waals surface area contributed by atoms with Crippen molar-refractivity contribution in [2.24, 2.45) is 0 Å². The van der Waals surface area contributed by atoms with E-state index in [1.807, 2.05) is 0 Å². The zero-order chi connectivity index (χ0) is 3.58. The molecule has 0 aliphatic heterocycles. The molecule has 0 atom stereocenters. The third kappa shape index (κ3) is 31.4. The molecule has 0 aliphatic carbocycles. The van der Waals surface area contributed by atoms with Gasteiger partial charge in [0.2, 0.25) is 0 Å². The van der Waals surface area contributed by atoms with Crippen molar-refractivity contribution < 1.29 is 19.5 Å². The molecule has 0 rings (SSSR count). The van der Waals surface area contributed by atoms with Crippen LogP contribution in [0, 0.1) is 0 Å². The average molecular weight is 267 g/mol. The van der Waals surface area contributed by atoms with Gasteiger partial charge in [0.25, 0.3) is 0 Å². The quantitative estimate of drug-likeness (QED) is 0.581. The number of rotatable bonds is 0. The van der Waals surface area contributed by atoms with Gasteiger partial charge in [-0.2, -0.15) is 0 Å². The summed E-state index contributed by atoms with van der Waals surface area (Å²) in [5.74, 6) is 0. The molecule has 0 saturated heterocycles. The molecule has 0 amide bonds. The van der Waals surface area contributed by atoms with Gasteiger partial charge < -0.3 is 0 Å². The zero-order valence-electron chi connectivity index (χ0n) is 3.83. The summed E-state index contributed by atoms with van der Waals surface area (Å²) < 4.78 is 0. The molecule has 2 heteroatoms. The van der Waals surface area contributed by atoms with Crippen LogP contribution in [0.3, 0.4) is 0 Å². The van der Waals surface area contributed by atoms with Crippen LogP contribution < -0.4 is 0 Å². The molecule has 0 spiro atoms. The minimum absolute atomic E-state index is 0. The van der Waals surface area contributed by atoms with Gasteiger partial charge in [0.05, 0.1) is 0 Å². The van der Waals surface area contributed by atoms with Crippen molar-refractivity contribution in [3.05, 3.63) is 0 Å². The second-order valence-electron chi connectivity index (χ2n) is 1.50. The Morgan fingerprint density at radius 2 is 1.00 bits per heavy atom. The zero-order valence-corrected chi connectivity index (χ0v) is 8.33. The van der Waals surface area contributed by atoms with Gasteiger partial charge in [-0.05, 0) is 0 Å². The minimum Gasteiger partial charge on any atom is 0 e. The molecule has 0 aromatic carbocycles. The molecule has 0 heterocycles. The second-order valence-corrected chi connectivity index (χ2v) is 10.1. The average Bonchev–Trinajstić information content (AvgIpc) is 0.811. The molecular weight excluding hydrogens is 258 g/mol. The molecule has 0 fully saturated rings. The van der Waals surface area contributed by atoms with Crippen LogP contribution in [0.25, 0.3) is 0 Å².